The molecule has 1 fully saturated rings. The van der Waals surface area contributed by atoms with Crippen LogP contribution in [0.1, 0.15) is 32.6 Å². The number of alkyl halides is 6. The summed E-state index contributed by atoms with van der Waals surface area (Å²) in [4.78, 5) is 0.520. The van der Waals surface area contributed by atoms with Crippen LogP contribution in [0.25, 0.3) is 0 Å². The summed E-state index contributed by atoms with van der Waals surface area (Å²) in [5, 5.41) is 0. The first-order chi connectivity index (χ1) is 8.16. The highest BCUT2D eigenvalue weighted by atomic mass is 19.4. The lowest BCUT2D eigenvalue weighted by molar-refractivity contribution is -0.289. The summed E-state index contributed by atoms with van der Waals surface area (Å²) >= 11 is 0. The highest BCUT2D eigenvalue weighted by Crippen LogP contribution is 2.39. The van der Waals surface area contributed by atoms with E-state index in [2.05, 4.69) is 0 Å². The Kier molecular flexibility index (Phi) is 4.91. The zero-order chi connectivity index (χ0) is 14.0. The van der Waals surface area contributed by atoms with E-state index in [1.165, 1.54) is 0 Å². The molecule has 1 heterocycles. The van der Waals surface area contributed by atoms with Gasteiger partial charge in [-0.2, -0.15) is 26.3 Å². The van der Waals surface area contributed by atoms with Crippen molar-refractivity contribution in [2.45, 2.75) is 51.0 Å². The van der Waals surface area contributed by atoms with E-state index in [0.29, 0.717) is 17.7 Å². The minimum Gasteiger partial charge on any atom is -0.285 e. The van der Waals surface area contributed by atoms with E-state index in [9.17, 15) is 26.3 Å². The third kappa shape index (κ3) is 4.03. The zero-order valence-corrected chi connectivity index (χ0v) is 10.1. The minimum absolute atomic E-state index is 0.131. The maximum atomic E-state index is 12.5. The average Bonchev–Trinajstić information content (AvgIpc) is 2.17. The molecule has 1 nitrogen and oxygen atoms in total. The van der Waals surface area contributed by atoms with E-state index < -0.39 is 18.4 Å². The highest BCUT2D eigenvalue weighted by Gasteiger charge is 2.59. The van der Waals surface area contributed by atoms with Gasteiger partial charge in [-0.1, -0.05) is 19.8 Å². The summed E-state index contributed by atoms with van der Waals surface area (Å²) in [6, 6.07) is -3.31. The van der Waals surface area contributed by atoms with E-state index in [1.54, 1.807) is 0 Å². The van der Waals surface area contributed by atoms with E-state index in [-0.39, 0.29) is 19.0 Å². The monoisotopic (exact) mass is 277 g/mol. The quantitative estimate of drug-likeness (QED) is 0.705. The largest absolute Gasteiger partial charge is 0.412 e. The molecule has 0 N–H and O–H groups in total. The number of likely N-dealkylation sites (tertiary alicyclic amines) is 1. The Morgan fingerprint density at radius 2 is 1.44 bits per heavy atom. The molecule has 0 radical (unpaired) electrons. The van der Waals surface area contributed by atoms with E-state index >= 15 is 0 Å². The van der Waals surface area contributed by atoms with Crippen LogP contribution in [0.2, 0.25) is 0 Å². The Morgan fingerprint density at radius 3 is 1.78 bits per heavy atom. The van der Waals surface area contributed by atoms with Crippen LogP contribution in [0.3, 0.4) is 0 Å². The van der Waals surface area contributed by atoms with E-state index in [0.717, 1.165) is 12.8 Å². The molecule has 18 heavy (non-hydrogen) atoms. The summed E-state index contributed by atoms with van der Waals surface area (Å²) in [5.41, 5.74) is 0. The fourth-order valence-corrected chi connectivity index (χ4v) is 2.51. The first kappa shape index (κ1) is 15.6. The molecule has 0 amide bonds. The second-order valence-electron chi connectivity index (χ2n) is 4.75. The summed E-state index contributed by atoms with van der Waals surface area (Å²) in [5.74, 6) is 0.258. The number of hydrogen-bond acceptors (Lipinski definition) is 1. The van der Waals surface area contributed by atoms with Crippen molar-refractivity contribution in [3.05, 3.63) is 0 Å². The lowest BCUT2D eigenvalue weighted by atomic mass is 9.91. The van der Waals surface area contributed by atoms with Crippen molar-refractivity contribution in [2.75, 3.05) is 13.1 Å². The molecule has 0 aliphatic carbocycles. The third-order valence-electron chi connectivity index (χ3n) is 3.33. The number of hydrogen-bond donors (Lipinski definition) is 0. The Balaban J connectivity index is 2.68. The molecular weight excluding hydrogens is 260 g/mol. The predicted octanol–water partition coefficient (Wildman–Crippen LogP) is 3.99. The van der Waals surface area contributed by atoms with Gasteiger partial charge in [0.25, 0.3) is 0 Å². The summed E-state index contributed by atoms with van der Waals surface area (Å²) in [6.07, 6.45) is -7.90. The van der Waals surface area contributed by atoms with Crippen molar-refractivity contribution in [3.63, 3.8) is 0 Å². The number of halogens is 6. The molecule has 1 aliphatic heterocycles. The first-order valence-corrected chi connectivity index (χ1v) is 6.03. The van der Waals surface area contributed by atoms with Crippen LogP contribution in [0.4, 0.5) is 26.3 Å². The van der Waals surface area contributed by atoms with Gasteiger partial charge in [-0.25, -0.2) is 0 Å². The Bertz CT molecular complexity index is 237. The molecule has 0 unspecified atom stereocenters. The van der Waals surface area contributed by atoms with Crippen LogP contribution in [0, 0.1) is 5.92 Å². The van der Waals surface area contributed by atoms with E-state index in [1.807, 2.05) is 6.92 Å². The molecule has 7 heteroatoms. The first-order valence-electron chi connectivity index (χ1n) is 6.03. The van der Waals surface area contributed by atoms with E-state index in [4.69, 9.17) is 0 Å². The number of piperidine rings is 1. The summed E-state index contributed by atoms with van der Waals surface area (Å²) < 4.78 is 74.9. The molecule has 108 valence electrons. The van der Waals surface area contributed by atoms with Gasteiger partial charge >= 0.3 is 12.4 Å². The Labute approximate surface area is 102 Å². The molecule has 0 aromatic carbocycles. The maximum absolute atomic E-state index is 12.5. The molecule has 0 saturated carbocycles. The Morgan fingerprint density at radius 1 is 1.00 bits per heavy atom. The van der Waals surface area contributed by atoms with Crippen LogP contribution < -0.4 is 0 Å². The van der Waals surface area contributed by atoms with Crippen LogP contribution in [0.15, 0.2) is 0 Å². The normalized spacial score (nSPS) is 20.7. The third-order valence-corrected chi connectivity index (χ3v) is 3.33. The van der Waals surface area contributed by atoms with Gasteiger partial charge in [0.05, 0.1) is 0 Å². The van der Waals surface area contributed by atoms with Gasteiger partial charge in [0.2, 0.25) is 6.04 Å². The summed E-state index contributed by atoms with van der Waals surface area (Å²) in [6.45, 7) is 1.70. The summed E-state index contributed by atoms with van der Waals surface area (Å²) in [7, 11) is 0. The average molecular weight is 277 g/mol. The molecule has 1 aliphatic rings. The van der Waals surface area contributed by atoms with Gasteiger partial charge in [0.1, 0.15) is 0 Å². The fraction of sp³-hybridized carbons (Fsp3) is 1.00. The van der Waals surface area contributed by atoms with Crippen molar-refractivity contribution >= 4 is 0 Å². The molecule has 0 spiro atoms. The predicted molar refractivity (Wildman–Crippen MR) is 55.1 cm³/mol. The van der Waals surface area contributed by atoms with Crippen LogP contribution in [-0.4, -0.2) is 36.4 Å². The van der Waals surface area contributed by atoms with Crippen molar-refractivity contribution in [1.82, 2.24) is 4.90 Å². The van der Waals surface area contributed by atoms with Gasteiger partial charge in [0, 0.05) is 0 Å². The van der Waals surface area contributed by atoms with Gasteiger partial charge in [-0.05, 0) is 31.8 Å². The molecule has 0 bridgehead atoms. The molecule has 0 aromatic rings. The van der Waals surface area contributed by atoms with Crippen LogP contribution >= 0.6 is 0 Å². The number of rotatable bonds is 3. The molecule has 1 rings (SSSR count). The second kappa shape index (κ2) is 5.67. The van der Waals surface area contributed by atoms with Gasteiger partial charge in [0.15, 0.2) is 0 Å². The van der Waals surface area contributed by atoms with Crippen molar-refractivity contribution in [2.24, 2.45) is 5.92 Å². The smallest absolute Gasteiger partial charge is 0.285 e. The molecular formula is C11H17F6N. The van der Waals surface area contributed by atoms with Gasteiger partial charge in [-0.15, -0.1) is 0 Å². The Hall–Kier alpha value is -0.460. The highest BCUT2D eigenvalue weighted by molar-refractivity contribution is 4.88. The lowest BCUT2D eigenvalue weighted by Crippen LogP contribution is -2.56. The topological polar surface area (TPSA) is 3.24 Å². The van der Waals surface area contributed by atoms with Crippen molar-refractivity contribution in [1.29, 1.82) is 0 Å². The molecule has 0 atom stereocenters. The lowest BCUT2D eigenvalue weighted by Gasteiger charge is -2.38. The standard InChI is InChI=1S/C11H17F6N/c1-2-3-8-4-6-18(7-5-8)9(10(12,13)14)11(15,16)17/h8-9H,2-7H2,1H3. The minimum atomic E-state index is -5.25. The van der Waals surface area contributed by atoms with Gasteiger partial charge in [-0.3, -0.25) is 4.90 Å². The second-order valence-corrected chi connectivity index (χ2v) is 4.75. The van der Waals surface area contributed by atoms with Crippen molar-refractivity contribution < 1.29 is 26.3 Å². The SMILES string of the molecule is CCCC1CCN(C(C(F)(F)F)C(F)(F)F)CC1. The van der Waals surface area contributed by atoms with Crippen LogP contribution in [-0.2, 0) is 0 Å². The van der Waals surface area contributed by atoms with Crippen molar-refractivity contribution in [3.8, 4) is 0 Å². The molecule has 0 aromatic heterocycles. The van der Waals surface area contributed by atoms with Crippen LogP contribution in [0.5, 0.6) is 0 Å². The maximum Gasteiger partial charge on any atom is 0.412 e. The molecule has 1 saturated heterocycles. The number of nitrogens with zero attached hydrogens (tertiary/aromatic N) is 1. The zero-order valence-electron chi connectivity index (χ0n) is 10.1. The van der Waals surface area contributed by atoms with Gasteiger partial charge < -0.3 is 0 Å². The fourth-order valence-electron chi connectivity index (χ4n) is 2.51.